The van der Waals surface area contributed by atoms with Crippen LogP contribution in [0.2, 0.25) is 0 Å². The van der Waals surface area contributed by atoms with Crippen LogP contribution in [0, 0.1) is 25.7 Å². The number of pyridine rings is 1. The molecule has 1 rings (SSSR count). The molecule has 14 heavy (non-hydrogen) atoms. The Hall–Kier alpha value is -1.98. The maximum absolute atomic E-state index is 8.03. The van der Waals surface area contributed by atoms with Crippen molar-refractivity contribution in [2.45, 2.75) is 13.8 Å². The minimum atomic E-state index is 0.186. The minimum absolute atomic E-state index is 0.186. The minimum Gasteiger partial charge on any atom is -0.247 e. The molecule has 0 unspecified atom stereocenters. The van der Waals surface area contributed by atoms with Gasteiger partial charge in [0.2, 0.25) is 0 Å². The van der Waals surface area contributed by atoms with E-state index in [9.17, 15) is 0 Å². The van der Waals surface area contributed by atoms with Gasteiger partial charge in [-0.2, -0.15) is 0 Å². The van der Waals surface area contributed by atoms with E-state index in [0.29, 0.717) is 0 Å². The van der Waals surface area contributed by atoms with Crippen LogP contribution < -0.4 is 0 Å². The Kier molecular flexibility index (Phi) is 3.54. The molecule has 0 aliphatic carbocycles. The third kappa shape index (κ3) is 2.81. The van der Waals surface area contributed by atoms with Gasteiger partial charge in [-0.1, -0.05) is 17.1 Å². The third-order valence-corrected chi connectivity index (χ3v) is 1.63. The first kappa shape index (κ1) is 10.1. The Balaban J connectivity index is 2.84. The van der Waals surface area contributed by atoms with E-state index in [1.807, 2.05) is 19.9 Å². The van der Waals surface area contributed by atoms with E-state index in [1.54, 1.807) is 6.20 Å². The molecule has 0 saturated carbocycles. The number of aromatic nitrogens is 1. The monoisotopic (exact) mass is 186 g/mol. The van der Waals surface area contributed by atoms with E-state index in [-0.39, 0.29) is 6.54 Å². The number of aryl methyl sites for hydroxylation is 2. The normalized spacial score (nSPS) is 8.43. The zero-order valence-corrected chi connectivity index (χ0v) is 8.15. The summed E-state index contributed by atoms with van der Waals surface area (Å²) in [6.07, 6.45) is 1.77. The lowest BCUT2D eigenvalue weighted by atomic mass is 10.2. The fraction of sp³-hybridized carbons (Fsp3) is 0.300. The molecule has 1 aromatic rings. The van der Waals surface area contributed by atoms with Crippen LogP contribution in [0.25, 0.3) is 10.4 Å². The number of rotatable bonds is 1. The van der Waals surface area contributed by atoms with Crippen molar-refractivity contribution < 1.29 is 0 Å². The Morgan fingerprint density at radius 3 is 3.00 bits per heavy atom. The highest BCUT2D eigenvalue weighted by atomic mass is 15.1. The molecule has 1 aromatic heterocycles. The van der Waals surface area contributed by atoms with Gasteiger partial charge in [-0.3, -0.25) is 0 Å². The lowest BCUT2D eigenvalue weighted by molar-refractivity contribution is 1.18. The molecule has 0 amide bonds. The second kappa shape index (κ2) is 4.90. The van der Waals surface area contributed by atoms with Crippen molar-refractivity contribution in [2.24, 2.45) is 5.11 Å². The van der Waals surface area contributed by atoms with Gasteiger partial charge in [0.05, 0.1) is 6.54 Å². The molecule has 0 N–H and O–H groups in total. The summed E-state index contributed by atoms with van der Waals surface area (Å²) >= 11 is 0. The van der Waals surface area contributed by atoms with Crippen molar-refractivity contribution in [3.05, 3.63) is 39.5 Å². The van der Waals surface area contributed by atoms with Crippen molar-refractivity contribution >= 4 is 0 Å². The number of hydrogen-bond donors (Lipinski definition) is 0. The molecule has 0 fully saturated rings. The Bertz CT molecular complexity index is 433. The predicted molar refractivity (Wildman–Crippen MR) is 54.6 cm³/mol. The van der Waals surface area contributed by atoms with Crippen molar-refractivity contribution in [3.8, 4) is 11.8 Å². The molecule has 0 atom stereocenters. The Morgan fingerprint density at radius 1 is 1.57 bits per heavy atom. The Labute approximate surface area is 82.6 Å². The second-order valence-corrected chi connectivity index (χ2v) is 2.87. The van der Waals surface area contributed by atoms with Crippen LogP contribution >= 0.6 is 0 Å². The van der Waals surface area contributed by atoms with Crippen LogP contribution in [-0.2, 0) is 0 Å². The molecule has 0 aromatic carbocycles. The van der Waals surface area contributed by atoms with Gasteiger partial charge < -0.3 is 0 Å². The van der Waals surface area contributed by atoms with Gasteiger partial charge >= 0.3 is 0 Å². The SMILES string of the molecule is Cc1cnc(C#CCN=[N+]=[N-])c(C)c1. The van der Waals surface area contributed by atoms with Crippen LogP contribution in [0.1, 0.15) is 16.8 Å². The molecule has 0 saturated heterocycles. The summed E-state index contributed by atoms with van der Waals surface area (Å²) in [5.74, 6) is 5.58. The largest absolute Gasteiger partial charge is 0.247 e. The second-order valence-electron chi connectivity index (χ2n) is 2.87. The lowest BCUT2D eigenvalue weighted by Crippen LogP contribution is -1.89. The first-order chi connectivity index (χ1) is 6.74. The van der Waals surface area contributed by atoms with Gasteiger partial charge in [0, 0.05) is 11.1 Å². The Morgan fingerprint density at radius 2 is 2.36 bits per heavy atom. The van der Waals surface area contributed by atoms with Gasteiger partial charge in [0.15, 0.2) is 0 Å². The van der Waals surface area contributed by atoms with Crippen molar-refractivity contribution in [3.63, 3.8) is 0 Å². The van der Waals surface area contributed by atoms with E-state index in [4.69, 9.17) is 5.53 Å². The molecule has 0 radical (unpaired) electrons. The zero-order valence-electron chi connectivity index (χ0n) is 8.15. The number of hydrogen-bond acceptors (Lipinski definition) is 2. The van der Waals surface area contributed by atoms with Crippen LogP contribution in [0.3, 0.4) is 0 Å². The van der Waals surface area contributed by atoms with E-state index in [2.05, 4.69) is 26.9 Å². The molecule has 0 aliphatic rings. The lowest BCUT2D eigenvalue weighted by Gasteiger charge is -1.97. The van der Waals surface area contributed by atoms with Gasteiger partial charge in [-0.05, 0) is 36.4 Å². The van der Waals surface area contributed by atoms with E-state index in [0.717, 1.165) is 16.8 Å². The molecule has 1 heterocycles. The topological polar surface area (TPSA) is 61.7 Å². The van der Waals surface area contributed by atoms with E-state index >= 15 is 0 Å². The molecule has 0 bridgehead atoms. The maximum atomic E-state index is 8.03. The average Bonchev–Trinajstić information content (AvgIpc) is 2.15. The number of nitrogens with zero attached hydrogens (tertiary/aromatic N) is 4. The summed E-state index contributed by atoms with van der Waals surface area (Å²) in [4.78, 5) is 6.77. The van der Waals surface area contributed by atoms with Crippen LogP contribution in [-0.4, -0.2) is 11.5 Å². The molecular weight excluding hydrogens is 176 g/mol. The first-order valence-corrected chi connectivity index (χ1v) is 4.17. The standard InChI is InChI=1S/C10H10N4/c1-8-6-9(2)10(12-7-8)4-3-5-13-14-11/h6-7H,5H2,1-2H3. The molecule has 4 nitrogen and oxygen atoms in total. The average molecular weight is 186 g/mol. The fourth-order valence-corrected chi connectivity index (χ4v) is 1.04. The van der Waals surface area contributed by atoms with Gasteiger partial charge in [0.1, 0.15) is 5.69 Å². The highest BCUT2D eigenvalue weighted by molar-refractivity contribution is 5.36. The van der Waals surface area contributed by atoms with Crippen LogP contribution in [0.4, 0.5) is 0 Å². The molecule has 0 spiro atoms. The summed E-state index contributed by atoms with van der Waals surface area (Å²) in [6.45, 7) is 4.13. The van der Waals surface area contributed by atoms with Crippen molar-refractivity contribution in [1.82, 2.24) is 4.98 Å². The quantitative estimate of drug-likeness (QED) is 0.287. The molecule has 0 aliphatic heterocycles. The van der Waals surface area contributed by atoms with Gasteiger partial charge in [-0.25, -0.2) is 4.98 Å². The summed E-state index contributed by atoms with van der Waals surface area (Å²) in [6, 6.07) is 2.02. The van der Waals surface area contributed by atoms with Gasteiger partial charge in [0.25, 0.3) is 0 Å². The number of azide groups is 1. The van der Waals surface area contributed by atoms with E-state index in [1.165, 1.54) is 0 Å². The smallest absolute Gasteiger partial charge is 0.116 e. The molecular formula is C10H10N4. The maximum Gasteiger partial charge on any atom is 0.116 e. The summed E-state index contributed by atoms with van der Waals surface area (Å²) in [7, 11) is 0. The summed E-state index contributed by atoms with van der Waals surface area (Å²) < 4.78 is 0. The van der Waals surface area contributed by atoms with Crippen molar-refractivity contribution in [1.29, 1.82) is 0 Å². The van der Waals surface area contributed by atoms with Crippen LogP contribution in [0.5, 0.6) is 0 Å². The summed E-state index contributed by atoms with van der Waals surface area (Å²) in [5.41, 5.74) is 10.9. The first-order valence-electron chi connectivity index (χ1n) is 4.17. The van der Waals surface area contributed by atoms with Gasteiger partial charge in [-0.15, -0.1) is 0 Å². The third-order valence-electron chi connectivity index (χ3n) is 1.63. The van der Waals surface area contributed by atoms with E-state index < -0.39 is 0 Å². The fourth-order valence-electron chi connectivity index (χ4n) is 1.04. The molecule has 4 heteroatoms. The predicted octanol–water partition coefficient (Wildman–Crippen LogP) is 2.36. The zero-order chi connectivity index (χ0) is 10.4. The van der Waals surface area contributed by atoms with Crippen molar-refractivity contribution in [2.75, 3.05) is 6.54 Å². The summed E-state index contributed by atoms with van der Waals surface area (Å²) in [5, 5.41) is 3.31. The highest BCUT2D eigenvalue weighted by Crippen LogP contribution is 2.04. The van der Waals surface area contributed by atoms with Crippen LogP contribution in [0.15, 0.2) is 17.4 Å². The highest BCUT2D eigenvalue weighted by Gasteiger charge is 1.94. The molecule has 70 valence electrons.